The van der Waals surface area contributed by atoms with E-state index in [4.69, 9.17) is 5.73 Å². The minimum atomic E-state index is -0.0818. The Morgan fingerprint density at radius 2 is 2.39 bits per heavy atom. The molecule has 2 aromatic rings. The highest BCUT2D eigenvalue weighted by atomic mass is 16.1. The Bertz CT molecular complexity index is 573. The van der Waals surface area contributed by atoms with E-state index in [0.717, 1.165) is 5.65 Å². The van der Waals surface area contributed by atoms with E-state index in [0.29, 0.717) is 18.0 Å². The van der Waals surface area contributed by atoms with Crippen LogP contribution in [0.3, 0.4) is 0 Å². The number of imidazole rings is 1. The topological polar surface area (TPSA) is 72.4 Å². The van der Waals surface area contributed by atoms with Gasteiger partial charge >= 0.3 is 0 Å². The second kappa shape index (κ2) is 4.42. The minimum Gasteiger partial charge on any atom is -0.350 e. The van der Waals surface area contributed by atoms with Gasteiger partial charge in [-0.1, -0.05) is 0 Å². The van der Waals surface area contributed by atoms with Gasteiger partial charge in [-0.3, -0.25) is 4.79 Å². The van der Waals surface area contributed by atoms with Crippen molar-refractivity contribution in [3.05, 3.63) is 36.3 Å². The summed E-state index contributed by atoms with van der Waals surface area (Å²) in [5.74, 6) is 0.517. The van der Waals surface area contributed by atoms with E-state index in [9.17, 15) is 4.79 Å². The number of nitrogens with two attached hydrogens (primary N) is 1. The van der Waals surface area contributed by atoms with Gasteiger partial charge in [-0.25, -0.2) is 4.98 Å². The molecule has 0 aromatic carbocycles. The number of pyridine rings is 1. The molecule has 2 aromatic heterocycles. The van der Waals surface area contributed by atoms with Crippen molar-refractivity contribution < 1.29 is 4.79 Å². The van der Waals surface area contributed by atoms with Crippen molar-refractivity contribution in [1.82, 2.24) is 14.7 Å². The highest BCUT2D eigenvalue weighted by Gasteiger charge is 2.28. The fourth-order valence-electron chi connectivity index (χ4n) is 2.06. The van der Waals surface area contributed by atoms with Crippen molar-refractivity contribution in [2.75, 3.05) is 6.54 Å². The molecule has 1 amide bonds. The van der Waals surface area contributed by atoms with Gasteiger partial charge in [-0.05, 0) is 30.9 Å². The summed E-state index contributed by atoms with van der Waals surface area (Å²) in [6.45, 7) is 0.547. The number of carbonyl (C=O) groups excluding carboxylic acids is 1. The zero-order chi connectivity index (χ0) is 12.5. The summed E-state index contributed by atoms with van der Waals surface area (Å²) < 4.78 is 1.83. The Labute approximate surface area is 105 Å². The van der Waals surface area contributed by atoms with Crippen LogP contribution in [0, 0.1) is 5.92 Å². The summed E-state index contributed by atoms with van der Waals surface area (Å²) >= 11 is 0. The van der Waals surface area contributed by atoms with Gasteiger partial charge in [-0.2, -0.15) is 0 Å². The molecule has 0 radical (unpaired) electrons. The van der Waals surface area contributed by atoms with Crippen LogP contribution in [0.1, 0.15) is 23.2 Å². The molecule has 1 unspecified atom stereocenters. The molecule has 3 rings (SSSR count). The molecule has 1 aliphatic carbocycles. The first kappa shape index (κ1) is 11.2. The van der Waals surface area contributed by atoms with Crippen molar-refractivity contribution in [2.45, 2.75) is 18.9 Å². The van der Waals surface area contributed by atoms with Crippen LogP contribution in [-0.4, -0.2) is 27.9 Å². The highest BCUT2D eigenvalue weighted by Crippen LogP contribution is 2.31. The zero-order valence-corrected chi connectivity index (χ0v) is 10.0. The van der Waals surface area contributed by atoms with E-state index >= 15 is 0 Å². The number of amides is 1. The van der Waals surface area contributed by atoms with Crippen LogP contribution in [0.4, 0.5) is 0 Å². The third-order valence-corrected chi connectivity index (χ3v) is 3.38. The van der Waals surface area contributed by atoms with Crippen LogP contribution in [0.25, 0.3) is 5.65 Å². The molecule has 2 heterocycles. The van der Waals surface area contributed by atoms with Crippen LogP contribution in [0.15, 0.2) is 30.7 Å². The van der Waals surface area contributed by atoms with Crippen molar-refractivity contribution in [1.29, 1.82) is 0 Å². The van der Waals surface area contributed by atoms with Gasteiger partial charge < -0.3 is 15.5 Å². The second-order valence-corrected chi connectivity index (χ2v) is 4.82. The minimum absolute atomic E-state index is 0.0818. The third kappa shape index (κ3) is 2.22. The molecule has 0 bridgehead atoms. The van der Waals surface area contributed by atoms with Gasteiger partial charge in [0.1, 0.15) is 5.65 Å². The fourth-order valence-corrected chi connectivity index (χ4v) is 2.06. The molecule has 5 nitrogen and oxygen atoms in total. The number of aromatic nitrogens is 2. The Hall–Kier alpha value is -1.88. The zero-order valence-electron chi connectivity index (χ0n) is 10.0. The van der Waals surface area contributed by atoms with Crippen LogP contribution < -0.4 is 11.1 Å². The number of rotatable bonds is 4. The van der Waals surface area contributed by atoms with Crippen molar-refractivity contribution in [3.8, 4) is 0 Å². The number of hydrogen-bond acceptors (Lipinski definition) is 3. The quantitative estimate of drug-likeness (QED) is 0.835. The Morgan fingerprint density at radius 3 is 3.17 bits per heavy atom. The van der Waals surface area contributed by atoms with E-state index in [1.54, 1.807) is 18.5 Å². The van der Waals surface area contributed by atoms with Crippen molar-refractivity contribution >= 4 is 11.6 Å². The lowest BCUT2D eigenvalue weighted by atomic mass is 10.2. The van der Waals surface area contributed by atoms with Crippen molar-refractivity contribution in [2.24, 2.45) is 11.7 Å². The average molecular weight is 244 g/mol. The summed E-state index contributed by atoms with van der Waals surface area (Å²) in [5.41, 5.74) is 7.41. The summed E-state index contributed by atoms with van der Waals surface area (Å²) in [4.78, 5) is 16.1. The fraction of sp³-hybridized carbons (Fsp3) is 0.385. The summed E-state index contributed by atoms with van der Waals surface area (Å²) in [6.07, 6.45) is 7.69. The van der Waals surface area contributed by atoms with Gasteiger partial charge in [0.2, 0.25) is 0 Å². The molecular formula is C13H16N4O. The van der Waals surface area contributed by atoms with Crippen LogP contribution >= 0.6 is 0 Å². The first-order valence-corrected chi connectivity index (χ1v) is 6.20. The first-order chi connectivity index (χ1) is 8.74. The predicted molar refractivity (Wildman–Crippen MR) is 68.2 cm³/mol. The number of nitrogens with zero attached hydrogens (tertiary/aromatic N) is 2. The third-order valence-electron chi connectivity index (χ3n) is 3.38. The summed E-state index contributed by atoms with van der Waals surface area (Å²) in [6, 6.07) is 3.70. The van der Waals surface area contributed by atoms with Crippen LogP contribution in [0.2, 0.25) is 0 Å². The monoisotopic (exact) mass is 244 g/mol. The largest absolute Gasteiger partial charge is 0.350 e. The molecule has 1 fully saturated rings. The molecule has 0 spiro atoms. The molecule has 1 saturated carbocycles. The standard InChI is InChI=1S/C13H16N4O/c14-11(9-1-2-9)7-16-13(18)10-3-4-12-15-5-6-17(12)8-10/h3-6,8-9,11H,1-2,7,14H2,(H,16,18). The summed E-state index contributed by atoms with van der Waals surface area (Å²) in [5, 5.41) is 2.88. The summed E-state index contributed by atoms with van der Waals surface area (Å²) in [7, 11) is 0. The van der Waals surface area contributed by atoms with E-state index in [1.165, 1.54) is 12.8 Å². The second-order valence-electron chi connectivity index (χ2n) is 4.82. The molecular weight excluding hydrogens is 228 g/mol. The predicted octanol–water partition coefficient (Wildman–Crippen LogP) is 0.801. The Kier molecular flexibility index (Phi) is 2.76. The number of hydrogen-bond donors (Lipinski definition) is 2. The normalized spacial score (nSPS) is 16.7. The van der Waals surface area contributed by atoms with Crippen LogP contribution in [0.5, 0.6) is 0 Å². The number of fused-ring (bicyclic) bond motifs is 1. The lowest BCUT2D eigenvalue weighted by Gasteiger charge is -2.11. The van der Waals surface area contributed by atoms with Gasteiger partial charge in [0, 0.05) is 31.2 Å². The maximum absolute atomic E-state index is 12.0. The van der Waals surface area contributed by atoms with E-state index in [-0.39, 0.29) is 11.9 Å². The molecule has 1 aliphatic rings. The molecule has 18 heavy (non-hydrogen) atoms. The highest BCUT2D eigenvalue weighted by molar-refractivity contribution is 5.94. The van der Waals surface area contributed by atoms with E-state index in [2.05, 4.69) is 10.3 Å². The number of nitrogens with one attached hydrogen (secondary N) is 1. The van der Waals surface area contributed by atoms with E-state index < -0.39 is 0 Å². The Morgan fingerprint density at radius 1 is 1.56 bits per heavy atom. The first-order valence-electron chi connectivity index (χ1n) is 6.20. The lowest BCUT2D eigenvalue weighted by molar-refractivity contribution is 0.0950. The molecule has 1 atom stereocenters. The molecule has 3 N–H and O–H groups in total. The van der Waals surface area contributed by atoms with Crippen molar-refractivity contribution in [3.63, 3.8) is 0 Å². The Balaban J connectivity index is 1.66. The average Bonchev–Trinajstić information content (AvgIpc) is 3.13. The molecule has 0 aliphatic heterocycles. The van der Waals surface area contributed by atoms with Gasteiger partial charge in [-0.15, -0.1) is 0 Å². The van der Waals surface area contributed by atoms with Gasteiger partial charge in [0.25, 0.3) is 5.91 Å². The molecule has 94 valence electrons. The van der Waals surface area contributed by atoms with Gasteiger partial charge in [0.15, 0.2) is 0 Å². The molecule has 5 heteroatoms. The maximum atomic E-state index is 12.0. The number of carbonyl (C=O) groups is 1. The lowest BCUT2D eigenvalue weighted by Crippen LogP contribution is -2.38. The SMILES string of the molecule is NC(CNC(=O)c1ccc2nccn2c1)C1CC1. The van der Waals surface area contributed by atoms with Crippen LogP contribution in [-0.2, 0) is 0 Å². The van der Waals surface area contributed by atoms with E-state index in [1.807, 2.05) is 16.7 Å². The maximum Gasteiger partial charge on any atom is 0.252 e. The smallest absolute Gasteiger partial charge is 0.252 e. The van der Waals surface area contributed by atoms with Gasteiger partial charge in [0.05, 0.1) is 5.56 Å². The molecule has 0 saturated heterocycles.